The molecule has 3 heterocycles. The lowest BCUT2D eigenvalue weighted by Gasteiger charge is -2.13. The van der Waals surface area contributed by atoms with Crippen molar-refractivity contribution in [1.82, 2.24) is 24.6 Å². The van der Waals surface area contributed by atoms with E-state index in [1.54, 1.807) is 24.9 Å². The van der Waals surface area contributed by atoms with Gasteiger partial charge in [0.05, 0.1) is 26.1 Å². The molecule has 0 bridgehead atoms. The van der Waals surface area contributed by atoms with Crippen molar-refractivity contribution in [3.8, 4) is 23.1 Å². The first-order chi connectivity index (χ1) is 14.1. The molecule has 0 radical (unpaired) electrons. The highest BCUT2D eigenvalue weighted by Gasteiger charge is 2.19. The Morgan fingerprint density at radius 2 is 2.03 bits per heavy atom. The van der Waals surface area contributed by atoms with Crippen LogP contribution >= 0.6 is 0 Å². The molecule has 0 aliphatic rings. The van der Waals surface area contributed by atoms with Crippen molar-refractivity contribution in [2.75, 3.05) is 19.5 Å². The first-order valence-corrected chi connectivity index (χ1v) is 9.25. The van der Waals surface area contributed by atoms with Gasteiger partial charge in [0.1, 0.15) is 23.5 Å². The maximum atomic E-state index is 5.49. The van der Waals surface area contributed by atoms with Crippen LogP contribution in [-0.4, -0.2) is 38.8 Å². The number of nitrogens with one attached hydrogen (secondary N) is 1. The molecule has 1 N–H and O–H groups in total. The Hall–Kier alpha value is -3.62. The van der Waals surface area contributed by atoms with Gasteiger partial charge in [0.2, 0.25) is 5.89 Å². The molecule has 0 atom stereocenters. The van der Waals surface area contributed by atoms with Crippen LogP contribution < -0.4 is 14.8 Å². The summed E-state index contributed by atoms with van der Waals surface area (Å²) in [5.74, 6) is 3.22. The van der Waals surface area contributed by atoms with Crippen LogP contribution in [0.3, 0.4) is 0 Å². The van der Waals surface area contributed by atoms with E-state index < -0.39 is 0 Å². The van der Waals surface area contributed by atoms with E-state index in [4.69, 9.17) is 18.9 Å². The highest BCUT2D eigenvalue weighted by atomic mass is 16.5. The number of nitrogens with zero attached hydrogens (tertiary/aromatic N) is 5. The number of benzene rings is 1. The molecular weight excluding hydrogens is 372 g/mol. The number of ether oxygens (including phenoxy) is 2. The van der Waals surface area contributed by atoms with E-state index in [-0.39, 0.29) is 0 Å². The molecule has 0 saturated carbocycles. The molecule has 0 fully saturated rings. The molecule has 0 amide bonds. The fourth-order valence-corrected chi connectivity index (χ4v) is 3.07. The van der Waals surface area contributed by atoms with Gasteiger partial charge in [0.25, 0.3) is 0 Å². The quantitative estimate of drug-likeness (QED) is 0.510. The van der Waals surface area contributed by atoms with Crippen LogP contribution in [0.2, 0.25) is 0 Å². The second-order valence-electron chi connectivity index (χ2n) is 6.38. The van der Waals surface area contributed by atoms with Crippen LogP contribution in [0.15, 0.2) is 35.1 Å². The van der Waals surface area contributed by atoms with E-state index in [0.717, 1.165) is 35.0 Å². The molecule has 4 rings (SSSR count). The molecule has 0 aliphatic carbocycles. The molecule has 0 saturated heterocycles. The van der Waals surface area contributed by atoms with Crippen LogP contribution in [0.5, 0.6) is 11.5 Å². The monoisotopic (exact) mass is 394 g/mol. The summed E-state index contributed by atoms with van der Waals surface area (Å²) in [6.07, 6.45) is 3.84. The first kappa shape index (κ1) is 18.7. The summed E-state index contributed by atoms with van der Waals surface area (Å²) >= 11 is 0. The van der Waals surface area contributed by atoms with Crippen LogP contribution in [0, 0.1) is 6.92 Å². The number of anilines is 1. The summed E-state index contributed by atoms with van der Waals surface area (Å²) < 4.78 is 18.0. The van der Waals surface area contributed by atoms with Crippen LogP contribution in [0.25, 0.3) is 17.2 Å². The summed E-state index contributed by atoms with van der Waals surface area (Å²) in [5.41, 5.74) is 3.03. The number of hydrogen-bond donors (Lipinski definition) is 1. The van der Waals surface area contributed by atoms with Crippen molar-refractivity contribution in [2.45, 2.75) is 26.8 Å². The third kappa shape index (κ3) is 3.46. The van der Waals surface area contributed by atoms with Crippen molar-refractivity contribution in [1.29, 1.82) is 0 Å². The molecule has 29 heavy (non-hydrogen) atoms. The third-order valence-corrected chi connectivity index (χ3v) is 4.64. The lowest BCUT2D eigenvalue weighted by atomic mass is 10.2. The molecule has 150 valence electrons. The fraction of sp³-hybridized carbons (Fsp3) is 0.300. The molecule has 9 heteroatoms. The molecule has 0 aliphatic heterocycles. The lowest BCUT2D eigenvalue weighted by Crippen LogP contribution is -2.09. The van der Waals surface area contributed by atoms with E-state index in [9.17, 15) is 0 Å². The minimum Gasteiger partial charge on any atom is -0.497 e. The minimum absolute atomic E-state index is 0.433. The van der Waals surface area contributed by atoms with E-state index in [1.807, 2.05) is 32.0 Å². The number of hydrogen-bond acceptors (Lipinski definition) is 8. The van der Waals surface area contributed by atoms with Gasteiger partial charge in [-0.15, -0.1) is 0 Å². The Labute approximate surface area is 167 Å². The van der Waals surface area contributed by atoms with Gasteiger partial charge in [-0.05, 0) is 19.1 Å². The number of methoxy groups -OCH3 is 2. The second kappa shape index (κ2) is 7.78. The van der Waals surface area contributed by atoms with Gasteiger partial charge in [-0.2, -0.15) is 5.10 Å². The summed E-state index contributed by atoms with van der Waals surface area (Å²) in [4.78, 5) is 13.6. The van der Waals surface area contributed by atoms with Gasteiger partial charge in [0, 0.05) is 24.6 Å². The van der Waals surface area contributed by atoms with Crippen molar-refractivity contribution in [2.24, 2.45) is 0 Å². The van der Waals surface area contributed by atoms with Gasteiger partial charge >= 0.3 is 0 Å². The van der Waals surface area contributed by atoms with Gasteiger partial charge in [0.15, 0.2) is 17.3 Å². The molecule has 0 unspecified atom stereocenters. The Morgan fingerprint density at radius 1 is 1.17 bits per heavy atom. The average Bonchev–Trinajstić information content (AvgIpc) is 3.43. The smallest absolute Gasteiger partial charge is 0.246 e. The predicted octanol–water partition coefficient (Wildman–Crippen LogP) is 3.28. The molecule has 9 nitrogen and oxygen atoms in total. The molecule has 1 aromatic carbocycles. The van der Waals surface area contributed by atoms with Crippen molar-refractivity contribution >= 4 is 11.5 Å². The first-order valence-electron chi connectivity index (χ1n) is 9.25. The maximum absolute atomic E-state index is 5.49. The minimum atomic E-state index is 0.433. The summed E-state index contributed by atoms with van der Waals surface area (Å²) in [7, 11) is 3.26. The zero-order valence-corrected chi connectivity index (χ0v) is 16.8. The number of aromatic nitrogens is 5. The van der Waals surface area contributed by atoms with Crippen LogP contribution in [-0.2, 0) is 13.0 Å². The van der Waals surface area contributed by atoms with E-state index in [2.05, 4.69) is 20.4 Å². The molecule has 3 aromatic heterocycles. The highest BCUT2D eigenvalue weighted by Crippen LogP contribution is 2.28. The van der Waals surface area contributed by atoms with Crippen molar-refractivity contribution in [3.05, 3.63) is 47.7 Å². The Balaban J connectivity index is 1.75. The number of aryl methyl sites for hydroxylation is 2. The molecule has 4 aromatic rings. The van der Waals surface area contributed by atoms with E-state index in [1.165, 1.54) is 6.26 Å². The Bertz CT molecular complexity index is 1140. The molecule has 0 spiro atoms. The zero-order valence-electron chi connectivity index (χ0n) is 16.8. The van der Waals surface area contributed by atoms with Crippen LogP contribution in [0.4, 0.5) is 5.82 Å². The standard InChI is InChI=1S/C20H22N6O3/c1-5-16-23-19-18(22-11-13-6-7-14(27-3)10-15(13)28-4)24-17(12(2)26(19)25-16)20-21-8-9-29-20/h6-10H,5,11H2,1-4H3,(H,22,24). The van der Waals surface area contributed by atoms with E-state index in [0.29, 0.717) is 29.6 Å². The Kier molecular flexibility index (Phi) is 5.03. The predicted molar refractivity (Wildman–Crippen MR) is 107 cm³/mol. The van der Waals surface area contributed by atoms with Gasteiger partial charge < -0.3 is 19.2 Å². The topological polar surface area (TPSA) is 99.6 Å². The number of oxazole rings is 1. The average molecular weight is 394 g/mol. The summed E-state index contributed by atoms with van der Waals surface area (Å²) in [6.45, 7) is 4.42. The summed E-state index contributed by atoms with van der Waals surface area (Å²) in [6, 6.07) is 5.69. The SMILES string of the molecule is CCc1nc2c(NCc3ccc(OC)cc3OC)nc(-c3ncco3)c(C)n2n1. The van der Waals surface area contributed by atoms with Gasteiger partial charge in [-0.25, -0.2) is 19.5 Å². The number of rotatable bonds is 7. The van der Waals surface area contributed by atoms with Gasteiger partial charge in [-0.1, -0.05) is 6.92 Å². The second-order valence-corrected chi connectivity index (χ2v) is 6.38. The van der Waals surface area contributed by atoms with E-state index >= 15 is 0 Å². The fourth-order valence-electron chi connectivity index (χ4n) is 3.07. The number of fused-ring (bicyclic) bond motifs is 1. The van der Waals surface area contributed by atoms with Gasteiger partial charge in [-0.3, -0.25) is 0 Å². The van der Waals surface area contributed by atoms with Crippen molar-refractivity contribution < 1.29 is 13.9 Å². The summed E-state index contributed by atoms with van der Waals surface area (Å²) in [5, 5.41) is 7.95. The lowest BCUT2D eigenvalue weighted by molar-refractivity contribution is 0.391. The van der Waals surface area contributed by atoms with Crippen molar-refractivity contribution in [3.63, 3.8) is 0 Å². The highest BCUT2D eigenvalue weighted by molar-refractivity contribution is 5.68. The molecular formula is C20H22N6O3. The largest absolute Gasteiger partial charge is 0.497 e. The Morgan fingerprint density at radius 3 is 2.72 bits per heavy atom. The normalized spacial score (nSPS) is 11.0. The maximum Gasteiger partial charge on any atom is 0.246 e. The van der Waals surface area contributed by atoms with Crippen LogP contribution in [0.1, 0.15) is 24.0 Å². The third-order valence-electron chi connectivity index (χ3n) is 4.64. The zero-order chi connectivity index (χ0) is 20.4.